The zero-order chi connectivity index (χ0) is 34.2. The normalized spacial score (nSPS) is 25.0. The van der Waals surface area contributed by atoms with Gasteiger partial charge in [0.15, 0.2) is 0 Å². The number of pyridine rings is 1. The summed E-state index contributed by atoms with van der Waals surface area (Å²) in [5.41, 5.74) is 3.28. The Morgan fingerprint density at radius 3 is 2.29 bits per heavy atom. The third-order valence-corrected chi connectivity index (χ3v) is 10.9. The maximum absolute atomic E-state index is 14.1. The quantitative estimate of drug-likeness (QED) is 0.240. The van der Waals surface area contributed by atoms with Gasteiger partial charge in [-0.1, -0.05) is 81.8 Å². The van der Waals surface area contributed by atoms with Gasteiger partial charge in [-0.25, -0.2) is 0 Å². The molecule has 0 radical (unpaired) electrons. The van der Waals surface area contributed by atoms with Crippen molar-refractivity contribution in [2.45, 2.75) is 84.5 Å². The van der Waals surface area contributed by atoms with Gasteiger partial charge in [-0.05, 0) is 80.0 Å². The van der Waals surface area contributed by atoms with E-state index < -0.39 is 36.5 Å². The van der Waals surface area contributed by atoms with Crippen LogP contribution in [-0.2, 0) is 14.1 Å². The molecule has 7 rings (SSSR count). The largest absolute Gasteiger partial charge is 0.481 e. The number of nitrogens with zero attached hydrogens (tertiary/aromatic N) is 1. The summed E-state index contributed by atoms with van der Waals surface area (Å²) >= 11 is 0. The van der Waals surface area contributed by atoms with Crippen LogP contribution in [0, 0.1) is 30.1 Å². The highest BCUT2D eigenvalue weighted by molar-refractivity contribution is 6.48. The highest BCUT2D eigenvalue weighted by Crippen LogP contribution is 2.65. The molecule has 48 heavy (non-hydrogen) atoms. The smallest absolute Gasteiger partial charge is 0.404 e. The Kier molecular flexibility index (Phi) is 9.51. The lowest BCUT2D eigenvalue weighted by molar-refractivity contribution is -0.199. The number of amides is 3. The van der Waals surface area contributed by atoms with Gasteiger partial charge >= 0.3 is 7.12 Å². The molecule has 3 N–H and O–H groups in total. The number of benzene rings is 2. The van der Waals surface area contributed by atoms with E-state index in [-0.39, 0.29) is 35.6 Å². The lowest BCUT2D eigenvalue weighted by Gasteiger charge is -2.64. The van der Waals surface area contributed by atoms with E-state index in [1.54, 1.807) is 24.4 Å². The fourth-order valence-electron chi connectivity index (χ4n) is 7.87. The number of hydrogen-bond acceptors (Lipinski definition) is 6. The Morgan fingerprint density at radius 2 is 1.65 bits per heavy atom. The lowest BCUT2D eigenvalue weighted by Crippen LogP contribution is -2.65. The predicted octanol–water partition coefficient (Wildman–Crippen LogP) is 5.38. The molecule has 3 aromatic rings. The minimum absolute atomic E-state index is 0.0277. The fraction of sp³-hybridized carbons (Fsp3) is 0.474. The van der Waals surface area contributed by atoms with Crippen LogP contribution < -0.4 is 16.0 Å². The molecule has 3 amide bonds. The van der Waals surface area contributed by atoms with Crippen molar-refractivity contribution in [3.8, 4) is 11.1 Å². The van der Waals surface area contributed by atoms with Crippen LogP contribution in [0.1, 0.15) is 80.3 Å². The average molecular weight is 651 g/mol. The van der Waals surface area contributed by atoms with Gasteiger partial charge in [0.1, 0.15) is 11.7 Å². The minimum Gasteiger partial charge on any atom is -0.404 e. The Hall–Kier alpha value is -4.02. The van der Waals surface area contributed by atoms with Gasteiger partial charge in [-0.3, -0.25) is 19.4 Å². The van der Waals surface area contributed by atoms with Gasteiger partial charge in [0, 0.05) is 23.9 Å². The SMILES string of the molecule is Cc1ccc(C(=O)NC[C@H](NC(=O)c2ccc(-c3ccccc3)cn2)C(=O)N[C@@H](CC(C)C)B2O[C@@H]3C[C@H]4C[C@H](C4(C)C)[C@]3(C)O2)cc1. The number of aryl methyl sites for hydroxylation is 1. The van der Waals surface area contributed by atoms with E-state index in [4.69, 9.17) is 9.31 Å². The number of aromatic nitrogens is 1. The molecule has 2 bridgehead atoms. The van der Waals surface area contributed by atoms with Gasteiger partial charge in [0.05, 0.1) is 17.6 Å². The first-order valence-electron chi connectivity index (χ1n) is 17.2. The van der Waals surface area contributed by atoms with Crippen molar-refractivity contribution in [1.82, 2.24) is 20.9 Å². The van der Waals surface area contributed by atoms with Crippen molar-refractivity contribution in [3.05, 3.63) is 89.7 Å². The zero-order valence-corrected chi connectivity index (χ0v) is 28.8. The van der Waals surface area contributed by atoms with Crippen molar-refractivity contribution in [2.75, 3.05) is 6.54 Å². The van der Waals surface area contributed by atoms with Gasteiger partial charge in [0.25, 0.3) is 11.8 Å². The van der Waals surface area contributed by atoms with Crippen LogP contribution >= 0.6 is 0 Å². The Bertz CT molecular complexity index is 1630. The number of nitrogens with one attached hydrogen (secondary N) is 3. The molecule has 1 saturated heterocycles. The molecule has 1 aliphatic heterocycles. The molecule has 2 aromatic carbocycles. The van der Waals surface area contributed by atoms with Crippen LogP contribution in [0.4, 0.5) is 0 Å². The highest BCUT2D eigenvalue weighted by atomic mass is 16.7. The molecule has 0 spiro atoms. The summed E-state index contributed by atoms with van der Waals surface area (Å²) in [7, 11) is -0.618. The molecule has 3 aliphatic carbocycles. The first-order chi connectivity index (χ1) is 22.8. The minimum atomic E-state index is -1.08. The number of rotatable bonds is 11. The Balaban J connectivity index is 1.19. The first-order valence-corrected chi connectivity index (χ1v) is 17.2. The second kappa shape index (κ2) is 13.5. The lowest BCUT2D eigenvalue weighted by atomic mass is 9.43. The summed E-state index contributed by atoms with van der Waals surface area (Å²) in [5.74, 6) is -0.510. The second-order valence-electron chi connectivity index (χ2n) is 15.0. The third-order valence-electron chi connectivity index (χ3n) is 10.9. The van der Waals surface area contributed by atoms with Gasteiger partial charge in [-0.15, -0.1) is 0 Å². The third kappa shape index (κ3) is 6.78. The van der Waals surface area contributed by atoms with Crippen LogP contribution in [0.15, 0.2) is 72.9 Å². The average Bonchev–Trinajstić information content (AvgIpc) is 3.44. The molecule has 4 aliphatic rings. The monoisotopic (exact) mass is 650 g/mol. The highest BCUT2D eigenvalue weighted by Gasteiger charge is 2.68. The number of carbonyl (C=O) groups excluding carboxylic acids is 3. The van der Waals surface area contributed by atoms with E-state index in [1.807, 2.05) is 55.5 Å². The van der Waals surface area contributed by atoms with Crippen molar-refractivity contribution < 1.29 is 23.7 Å². The van der Waals surface area contributed by atoms with Crippen molar-refractivity contribution in [2.24, 2.45) is 23.2 Å². The van der Waals surface area contributed by atoms with E-state index in [1.165, 1.54) is 0 Å². The summed E-state index contributed by atoms with van der Waals surface area (Å²) in [6, 6.07) is 19.3. The molecular weight excluding hydrogens is 603 g/mol. The van der Waals surface area contributed by atoms with E-state index in [0.29, 0.717) is 23.8 Å². The summed E-state index contributed by atoms with van der Waals surface area (Å²) in [6.07, 6.45) is 4.30. The van der Waals surface area contributed by atoms with E-state index in [0.717, 1.165) is 29.5 Å². The second-order valence-corrected chi connectivity index (χ2v) is 15.0. The number of carbonyl (C=O) groups is 3. The molecule has 4 fully saturated rings. The summed E-state index contributed by atoms with van der Waals surface area (Å²) in [4.78, 5) is 45.0. The summed E-state index contributed by atoms with van der Waals surface area (Å²) < 4.78 is 13.3. The van der Waals surface area contributed by atoms with Crippen LogP contribution in [-0.4, -0.2) is 60.1 Å². The van der Waals surface area contributed by atoms with Gasteiger partial charge in [0.2, 0.25) is 5.91 Å². The van der Waals surface area contributed by atoms with Crippen LogP contribution in [0.2, 0.25) is 0 Å². The molecule has 10 heteroatoms. The molecule has 2 heterocycles. The standard InChI is InChI=1S/C38H47BN4O5/c1-23(2)18-33(39-47-32-20-28-19-31(37(28,4)5)38(32,6)48-39)43-36(46)30(22-41-34(44)26-14-12-24(3)13-15-26)42-35(45)29-17-16-27(21-40-29)25-10-8-7-9-11-25/h7-17,21,23,28,30-33H,18-20,22H2,1-6H3,(H,41,44)(H,42,45)(H,43,46)/t28-,30+,31-,32-,33+,38+/m1/s1. The molecule has 0 unspecified atom stereocenters. The molecule has 3 saturated carbocycles. The van der Waals surface area contributed by atoms with E-state index in [2.05, 4.69) is 55.6 Å². The maximum atomic E-state index is 14.1. The fourth-order valence-corrected chi connectivity index (χ4v) is 7.87. The first kappa shape index (κ1) is 33.9. The molecule has 252 valence electrons. The molecule has 6 atom stereocenters. The predicted molar refractivity (Wildman–Crippen MR) is 186 cm³/mol. The summed E-state index contributed by atoms with van der Waals surface area (Å²) in [6.45, 7) is 12.8. The maximum Gasteiger partial charge on any atom is 0.481 e. The van der Waals surface area contributed by atoms with Crippen molar-refractivity contribution in [1.29, 1.82) is 0 Å². The van der Waals surface area contributed by atoms with Crippen molar-refractivity contribution in [3.63, 3.8) is 0 Å². The Labute approximate surface area is 284 Å². The van der Waals surface area contributed by atoms with Crippen molar-refractivity contribution >= 4 is 24.8 Å². The van der Waals surface area contributed by atoms with E-state index in [9.17, 15) is 14.4 Å². The molecule has 9 nitrogen and oxygen atoms in total. The van der Waals surface area contributed by atoms with Crippen LogP contribution in [0.3, 0.4) is 0 Å². The van der Waals surface area contributed by atoms with E-state index >= 15 is 0 Å². The number of hydrogen-bond donors (Lipinski definition) is 3. The zero-order valence-electron chi connectivity index (χ0n) is 28.8. The Morgan fingerprint density at radius 1 is 0.917 bits per heavy atom. The van der Waals surface area contributed by atoms with Gasteiger partial charge in [-0.2, -0.15) is 0 Å². The molecular formula is C38H47BN4O5. The van der Waals surface area contributed by atoms with Crippen LogP contribution in [0.5, 0.6) is 0 Å². The topological polar surface area (TPSA) is 119 Å². The summed E-state index contributed by atoms with van der Waals surface area (Å²) in [5, 5.41) is 8.82. The van der Waals surface area contributed by atoms with Gasteiger partial charge < -0.3 is 25.3 Å². The molecule has 1 aromatic heterocycles. The van der Waals surface area contributed by atoms with Crippen LogP contribution in [0.25, 0.3) is 11.1 Å².